The van der Waals surface area contributed by atoms with Gasteiger partial charge in [-0.05, 0) is 27.8 Å². The molecular weight excluding hydrogens is 192 g/mol. The van der Waals surface area contributed by atoms with Crippen molar-refractivity contribution in [2.24, 2.45) is 0 Å². The molecule has 14 heavy (non-hydrogen) atoms. The van der Waals surface area contributed by atoms with E-state index in [9.17, 15) is 13.6 Å². The zero-order valence-corrected chi connectivity index (χ0v) is 8.99. The highest BCUT2D eigenvalue weighted by Crippen LogP contribution is 2.19. The lowest BCUT2D eigenvalue weighted by molar-refractivity contribution is -0.162. The van der Waals surface area contributed by atoms with E-state index < -0.39 is 30.5 Å². The predicted molar refractivity (Wildman–Crippen MR) is 49.3 cm³/mol. The topological polar surface area (TPSA) is 38.3 Å². The summed E-state index contributed by atoms with van der Waals surface area (Å²) < 4.78 is 30.5. The van der Waals surface area contributed by atoms with Crippen LogP contribution in [0.5, 0.6) is 0 Å². The molecule has 0 spiro atoms. The normalized spacial score (nSPS) is 12.7. The largest absolute Gasteiger partial charge is 0.460 e. The molecule has 0 aliphatic rings. The predicted octanol–water partition coefficient (Wildman–Crippen LogP) is 1.57. The van der Waals surface area contributed by atoms with E-state index >= 15 is 0 Å². The molecule has 0 atom stereocenters. The van der Waals surface area contributed by atoms with Crippen LogP contribution in [0.2, 0.25) is 0 Å². The van der Waals surface area contributed by atoms with E-state index in [1.807, 2.05) is 0 Å². The Bertz CT molecular complexity index is 199. The Morgan fingerprint density at radius 2 is 1.86 bits per heavy atom. The van der Waals surface area contributed by atoms with E-state index in [1.54, 1.807) is 20.8 Å². The standard InChI is InChI=1S/C9H17F2NO2/c1-8(2,3)14-7(13)5-9(10,11)6-12-4/h12H,5-6H2,1-4H3. The lowest BCUT2D eigenvalue weighted by Crippen LogP contribution is -2.35. The maximum Gasteiger partial charge on any atom is 0.312 e. The monoisotopic (exact) mass is 209 g/mol. The van der Waals surface area contributed by atoms with E-state index in [-0.39, 0.29) is 0 Å². The molecule has 0 aromatic carbocycles. The van der Waals surface area contributed by atoms with Crippen LogP contribution in [0.15, 0.2) is 0 Å². The van der Waals surface area contributed by atoms with Crippen molar-refractivity contribution in [2.45, 2.75) is 38.7 Å². The summed E-state index contributed by atoms with van der Waals surface area (Å²) in [6.07, 6.45) is -0.884. The van der Waals surface area contributed by atoms with Gasteiger partial charge in [-0.2, -0.15) is 0 Å². The van der Waals surface area contributed by atoms with Crippen LogP contribution >= 0.6 is 0 Å². The number of esters is 1. The molecule has 0 heterocycles. The summed E-state index contributed by atoms with van der Waals surface area (Å²) in [6.45, 7) is 4.40. The smallest absolute Gasteiger partial charge is 0.312 e. The molecule has 0 bridgehead atoms. The first-order valence-electron chi connectivity index (χ1n) is 4.40. The molecule has 5 heteroatoms. The van der Waals surface area contributed by atoms with E-state index in [0.717, 1.165) is 0 Å². The van der Waals surface area contributed by atoms with Crippen LogP contribution < -0.4 is 5.32 Å². The van der Waals surface area contributed by atoms with Gasteiger partial charge in [-0.3, -0.25) is 4.79 Å². The summed E-state index contributed by atoms with van der Waals surface area (Å²) in [5.74, 6) is -3.92. The van der Waals surface area contributed by atoms with Crippen LogP contribution in [0.25, 0.3) is 0 Å². The Morgan fingerprint density at radius 3 is 2.21 bits per heavy atom. The van der Waals surface area contributed by atoms with Crippen LogP contribution in [-0.4, -0.2) is 31.1 Å². The SMILES string of the molecule is CNCC(F)(F)CC(=O)OC(C)(C)C. The van der Waals surface area contributed by atoms with Gasteiger partial charge in [0.15, 0.2) is 0 Å². The summed E-state index contributed by atoms with van der Waals surface area (Å²) >= 11 is 0. The van der Waals surface area contributed by atoms with Crippen LogP contribution in [-0.2, 0) is 9.53 Å². The molecule has 0 saturated heterocycles. The van der Waals surface area contributed by atoms with Crippen molar-refractivity contribution < 1.29 is 18.3 Å². The number of alkyl halides is 2. The van der Waals surface area contributed by atoms with E-state index in [1.165, 1.54) is 7.05 Å². The molecule has 0 aliphatic carbocycles. The number of nitrogens with one attached hydrogen (secondary N) is 1. The van der Waals surface area contributed by atoms with Gasteiger partial charge in [0.2, 0.25) is 0 Å². The number of rotatable bonds is 4. The summed E-state index contributed by atoms with van der Waals surface area (Å²) in [5, 5.41) is 2.32. The fourth-order valence-corrected chi connectivity index (χ4v) is 0.910. The van der Waals surface area contributed by atoms with Gasteiger partial charge in [0.05, 0.1) is 6.54 Å². The summed E-state index contributed by atoms with van der Waals surface area (Å²) in [4.78, 5) is 11.0. The highest BCUT2D eigenvalue weighted by atomic mass is 19.3. The molecule has 0 unspecified atom stereocenters. The van der Waals surface area contributed by atoms with Crippen molar-refractivity contribution in [1.29, 1.82) is 0 Å². The van der Waals surface area contributed by atoms with Crippen LogP contribution in [0.3, 0.4) is 0 Å². The Kier molecular flexibility index (Phi) is 4.45. The lowest BCUT2D eigenvalue weighted by Gasteiger charge is -2.21. The van der Waals surface area contributed by atoms with Crippen LogP contribution in [0.1, 0.15) is 27.2 Å². The number of hydrogen-bond acceptors (Lipinski definition) is 3. The van der Waals surface area contributed by atoms with Crippen molar-refractivity contribution in [3.8, 4) is 0 Å². The van der Waals surface area contributed by atoms with Crippen molar-refractivity contribution in [3.05, 3.63) is 0 Å². The van der Waals surface area contributed by atoms with Crippen molar-refractivity contribution >= 4 is 5.97 Å². The molecule has 0 radical (unpaired) electrons. The zero-order chi connectivity index (χ0) is 11.4. The Morgan fingerprint density at radius 1 is 1.36 bits per heavy atom. The molecule has 0 aliphatic heterocycles. The maximum atomic E-state index is 12.9. The van der Waals surface area contributed by atoms with E-state index in [4.69, 9.17) is 4.74 Å². The van der Waals surface area contributed by atoms with Gasteiger partial charge in [-0.25, -0.2) is 8.78 Å². The second kappa shape index (κ2) is 4.68. The Balaban J connectivity index is 4.06. The third kappa shape index (κ3) is 6.77. The Labute approximate surface area is 82.8 Å². The molecule has 0 saturated carbocycles. The van der Waals surface area contributed by atoms with Gasteiger partial charge in [-0.15, -0.1) is 0 Å². The Hall–Kier alpha value is -0.710. The number of carbonyl (C=O) groups is 1. The average Bonchev–Trinajstić information content (AvgIpc) is 1.78. The number of halogens is 2. The van der Waals surface area contributed by atoms with Crippen LogP contribution in [0.4, 0.5) is 8.78 Å². The summed E-state index contributed by atoms with van der Waals surface area (Å²) in [6, 6.07) is 0. The third-order valence-corrected chi connectivity index (χ3v) is 1.26. The summed E-state index contributed by atoms with van der Waals surface area (Å²) in [7, 11) is 1.41. The van der Waals surface area contributed by atoms with E-state index in [0.29, 0.717) is 0 Å². The molecule has 0 rings (SSSR count). The van der Waals surface area contributed by atoms with Crippen molar-refractivity contribution in [1.82, 2.24) is 5.32 Å². The number of carbonyl (C=O) groups excluding carboxylic acids is 1. The van der Waals surface area contributed by atoms with E-state index in [2.05, 4.69) is 5.32 Å². The molecule has 3 nitrogen and oxygen atoms in total. The quantitative estimate of drug-likeness (QED) is 0.714. The molecular formula is C9H17F2NO2. The highest BCUT2D eigenvalue weighted by molar-refractivity contribution is 5.70. The van der Waals surface area contributed by atoms with Gasteiger partial charge >= 0.3 is 5.97 Å². The minimum atomic E-state index is -3.04. The molecule has 84 valence electrons. The molecule has 0 fully saturated rings. The van der Waals surface area contributed by atoms with Gasteiger partial charge in [0.25, 0.3) is 5.92 Å². The fourth-order valence-electron chi connectivity index (χ4n) is 0.910. The third-order valence-electron chi connectivity index (χ3n) is 1.26. The zero-order valence-electron chi connectivity index (χ0n) is 8.99. The van der Waals surface area contributed by atoms with Crippen molar-refractivity contribution in [2.75, 3.05) is 13.6 Å². The summed E-state index contributed by atoms with van der Waals surface area (Å²) in [5.41, 5.74) is -0.715. The van der Waals surface area contributed by atoms with Crippen molar-refractivity contribution in [3.63, 3.8) is 0 Å². The van der Waals surface area contributed by atoms with Gasteiger partial charge < -0.3 is 10.1 Å². The minimum Gasteiger partial charge on any atom is -0.460 e. The lowest BCUT2D eigenvalue weighted by atomic mass is 10.2. The number of ether oxygens (including phenoxy) is 1. The average molecular weight is 209 g/mol. The van der Waals surface area contributed by atoms with Gasteiger partial charge in [-0.1, -0.05) is 0 Å². The maximum absolute atomic E-state index is 12.9. The first kappa shape index (κ1) is 13.3. The van der Waals surface area contributed by atoms with Gasteiger partial charge in [0.1, 0.15) is 12.0 Å². The first-order chi connectivity index (χ1) is 6.16. The minimum absolute atomic E-state index is 0.522. The fraction of sp³-hybridized carbons (Fsp3) is 0.889. The molecule has 1 N–H and O–H groups in total. The van der Waals surface area contributed by atoms with Gasteiger partial charge in [0, 0.05) is 0 Å². The second-order valence-electron chi connectivity index (χ2n) is 4.15. The van der Waals surface area contributed by atoms with Crippen LogP contribution in [0, 0.1) is 0 Å². The molecule has 0 aromatic rings. The first-order valence-corrected chi connectivity index (χ1v) is 4.40. The second-order valence-corrected chi connectivity index (χ2v) is 4.15. The molecule has 0 aromatic heterocycles. The number of hydrogen-bond donors (Lipinski definition) is 1. The molecule has 0 amide bonds. The highest BCUT2D eigenvalue weighted by Gasteiger charge is 2.33.